The molecule has 0 unspecified atom stereocenters. The van der Waals surface area contributed by atoms with Gasteiger partial charge >= 0.3 is 0 Å². The maximum Gasteiger partial charge on any atom is 0.226 e. The van der Waals surface area contributed by atoms with Gasteiger partial charge in [-0.2, -0.15) is 4.98 Å². The van der Waals surface area contributed by atoms with Gasteiger partial charge in [-0.25, -0.2) is 13.4 Å². The zero-order valence-electron chi connectivity index (χ0n) is 24.3. The van der Waals surface area contributed by atoms with Crippen molar-refractivity contribution < 1.29 is 13.2 Å². The summed E-state index contributed by atoms with van der Waals surface area (Å²) in [4.78, 5) is 26.8. The normalized spacial score (nSPS) is 21.6. The molecule has 3 aliphatic rings. The Kier molecular flexibility index (Phi) is 7.28. The number of anilines is 2. The molecule has 0 atom stereocenters. The number of rotatable bonds is 6. The Bertz CT molecular complexity index is 1730. The lowest BCUT2D eigenvalue weighted by atomic mass is 9.85. The van der Waals surface area contributed by atoms with Crippen molar-refractivity contribution >= 4 is 38.3 Å². The second-order valence-corrected chi connectivity index (χ2v) is 14.4. The van der Waals surface area contributed by atoms with Gasteiger partial charge in [0.05, 0.1) is 17.3 Å². The van der Waals surface area contributed by atoms with Crippen LogP contribution in [-0.2, 0) is 27.7 Å². The van der Waals surface area contributed by atoms with Crippen molar-refractivity contribution in [3.05, 3.63) is 54.9 Å². The van der Waals surface area contributed by atoms with E-state index in [2.05, 4.69) is 48.2 Å². The van der Waals surface area contributed by atoms with Crippen LogP contribution in [0.1, 0.15) is 44.3 Å². The molecule has 1 saturated heterocycles. The van der Waals surface area contributed by atoms with Crippen LogP contribution in [0, 0.1) is 5.92 Å². The fourth-order valence-electron chi connectivity index (χ4n) is 6.88. The van der Waals surface area contributed by atoms with Crippen molar-refractivity contribution in [2.24, 2.45) is 5.92 Å². The Labute approximate surface area is 251 Å². The van der Waals surface area contributed by atoms with Crippen LogP contribution >= 0.6 is 0 Å². The lowest BCUT2D eigenvalue weighted by Crippen LogP contribution is -2.43. The molecule has 226 valence electrons. The van der Waals surface area contributed by atoms with Gasteiger partial charge in [-0.1, -0.05) is 6.07 Å². The molecular weight excluding hydrogens is 566 g/mol. The summed E-state index contributed by atoms with van der Waals surface area (Å²) in [5.41, 5.74) is 2.16. The van der Waals surface area contributed by atoms with E-state index in [1.165, 1.54) is 6.26 Å². The van der Waals surface area contributed by atoms with E-state index >= 15 is 0 Å². The quantitative estimate of drug-likeness (QED) is 0.353. The first-order valence-electron chi connectivity index (χ1n) is 15.1. The number of aromatic nitrogens is 6. The Balaban J connectivity index is 0.997. The molecule has 2 fully saturated rings. The molecule has 1 aliphatic carbocycles. The number of benzene rings is 1. The van der Waals surface area contributed by atoms with Crippen LogP contribution in [0.15, 0.2) is 49.1 Å². The number of sulfone groups is 1. The molecule has 0 bridgehead atoms. The van der Waals surface area contributed by atoms with Crippen LogP contribution in [-0.4, -0.2) is 85.7 Å². The molecule has 0 spiro atoms. The lowest BCUT2D eigenvalue weighted by Gasteiger charge is -2.34. The van der Waals surface area contributed by atoms with Crippen LogP contribution < -0.4 is 10.2 Å². The molecule has 4 aromatic rings. The summed E-state index contributed by atoms with van der Waals surface area (Å²) in [6, 6.07) is 10.5. The Hall–Kier alpha value is -4.00. The van der Waals surface area contributed by atoms with E-state index < -0.39 is 9.84 Å². The number of carbonyl (C=O) groups excluding carboxylic acids is 1. The predicted octanol–water partition coefficient (Wildman–Crippen LogP) is 3.04. The first kappa shape index (κ1) is 27.8. The number of amides is 1. The van der Waals surface area contributed by atoms with Crippen LogP contribution in [0.4, 0.5) is 11.6 Å². The number of carbonyl (C=O) groups is 1. The fourth-order valence-corrected chi connectivity index (χ4v) is 7.95. The highest BCUT2D eigenvalue weighted by molar-refractivity contribution is 7.91. The van der Waals surface area contributed by atoms with Gasteiger partial charge in [0.25, 0.3) is 0 Å². The minimum atomic E-state index is -3.01. The largest absolute Gasteiger partial charge is 0.371 e. The smallest absolute Gasteiger partial charge is 0.226 e. The molecule has 1 saturated carbocycles. The monoisotopic (exact) mass is 603 g/mol. The predicted molar refractivity (Wildman–Crippen MR) is 164 cm³/mol. The van der Waals surface area contributed by atoms with Crippen molar-refractivity contribution in [1.82, 2.24) is 34.2 Å². The van der Waals surface area contributed by atoms with Crippen molar-refractivity contribution in [1.29, 1.82) is 0 Å². The molecule has 3 aromatic heterocycles. The first-order valence-corrected chi connectivity index (χ1v) is 17.1. The highest BCUT2D eigenvalue weighted by atomic mass is 32.2. The maximum absolute atomic E-state index is 13.2. The van der Waals surface area contributed by atoms with E-state index in [0.29, 0.717) is 31.9 Å². The van der Waals surface area contributed by atoms with Gasteiger partial charge in [-0.15, -0.1) is 10.2 Å². The molecule has 7 rings (SSSR count). The minimum absolute atomic E-state index is 0.0392. The van der Waals surface area contributed by atoms with Crippen LogP contribution in [0.25, 0.3) is 16.7 Å². The van der Waals surface area contributed by atoms with Crippen molar-refractivity contribution in [2.75, 3.05) is 36.1 Å². The molecule has 12 nitrogen and oxygen atoms in total. The third-order valence-electron chi connectivity index (χ3n) is 9.35. The Morgan fingerprint density at radius 2 is 1.79 bits per heavy atom. The number of hydrogen-bond donors (Lipinski definition) is 1. The standard InChI is InChI=1S/C30H37N9O3S/c1-43(41,42)23-10-14-36(15-11-23)25-3-2-4-26-24(25)12-16-39(26)27-9-13-31-30(34-27)33-22-7-5-21(6-8-22)29(40)37-17-18-38-20-32-35-28(38)19-37/h2-4,9,12-13,16,20-23H,5-8,10-11,14-15,17-19H2,1H3,(H,31,33,34). The van der Waals surface area contributed by atoms with Crippen molar-refractivity contribution in [2.45, 2.75) is 62.9 Å². The summed E-state index contributed by atoms with van der Waals surface area (Å²) in [5, 5.41) is 12.5. The fraction of sp³-hybridized carbons (Fsp3) is 0.500. The van der Waals surface area contributed by atoms with E-state index in [0.717, 1.165) is 73.6 Å². The summed E-state index contributed by atoms with van der Waals surface area (Å²) in [7, 11) is -3.01. The van der Waals surface area contributed by atoms with Gasteiger partial charge in [-0.05, 0) is 62.8 Å². The summed E-state index contributed by atoms with van der Waals surface area (Å²) in [6.07, 6.45) is 11.6. The molecule has 1 N–H and O–H groups in total. The summed E-state index contributed by atoms with van der Waals surface area (Å²) >= 11 is 0. The van der Waals surface area contributed by atoms with E-state index in [1.807, 2.05) is 27.8 Å². The van der Waals surface area contributed by atoms with Crippen molar-refractivity contribution in [3.8, 4) is 5.82 Å². The molecule has 1 amide bonds. The molecule has 5 heterocycles. The average Bonchev–Trinajstić information content (AvgIpc) is 3.68. The average molecular weight is 604 g/mol. The first-order chi connectivity index (χ1) is 20.8. The van der Waals surface area contributed by atoms with Crippen LogP contribution in [0.3, 0.4) is 0 Å². The highest BCUT2D eigenvalue weighted by Crippen LogP contribution is 2.33. The van der Waals surface area contributed by atoms with Gasteiger partial charge in [-0.3, -0.25) is 4.79 Å². The van der Waals surface area contributed by atoms with Crippen LogP contribution in [0.5, 0.6) is 0 Å². The molecule has 1 aromatic carbocycles. The van der Waals surface area contributed by atoms with E-state index in [4.69, 9.17) is 4.98 Å². The van der Waals surface area contributed by atoms with Gasteiger partial charge in [0.1, 0.15) is 22.0 Å². The van der Waals surface area contributed by atoms with E-state index in [1.54, 1.807) is 12.5 Å². The summed E-state index contributed by atoms with van der Waals surface area (Å²) in [5.74, 6) is 2.49. The third kappa shape index (κ3) is 5.57. The number of piperidine rings is 1. The van der Waals surface area contributed by atoms with Gasteiger partial charge in [0, 0.05) is 67.9 Å². The topological polar surface area (TPSA) is 131 Å². The third-order valence-corrected chi connectivity index (χ3v) is 11.0. The van der Waals surface area contributed by atoms with Gasteiger partial charge < -0.3 is 24.3 Å². The van der Waals surface area contributed by atoms with E-state index in [9.17, 15) is 13.2 Å². The zero-order chi connectivity index (χ0) is 29.6. The highest BCUT2D eigenvalue weighted by Gasteiger charge is 2.32. The lowest BCUT2D eigenvalue weighted by molar-refractivity contribution is -0.138. The molecule has 43 heavy (non-hydrogen) atoms. The Morgan fingerprint density at radius 1 is 0.977 bits per heavy atom. The number of nitrogens with one attached hydrogen (secondary N) is 1. The van der Waals surface area contributed by atoms with E-state index in [-0.39, 0.29) is 23.1 Å². The minimum Gasteiger partial charge on any atom is -0.371 e. The second kappa shape index (κ2) is 11.3. The zero-order valence-corrected chi connectivity index (χ0v) is 25.2. The summed E-state index contributed by atoms with van der Waals surface area (Å²) in [6.45, 7) is 3.44. The van der Waals surface area contributed by atoms with Crippen molar-refractivity contribution in [3.63, 3.8) is 0 Å². The maximum atomic E-state index is 13.2. The molecule has 0 radical (unpaired) electrons. The second-order valence-electron chi connectivity index (χ2n) is 12.0. The molecular formula is C30H37N9O3S. The Morgan fingerprint density at radius 3 is 2.58 bits per heavy atom. The number of nitrogens with zero attached hydrogens (tertiary/aromatic N) is 8. The summed E-state index contributed by atoms with van der Waals surface area (Å²) < 4.78 is 28.1. The van der Waals surface area contributed by atoms with Gasteiger partial charge in [0.15, 0.2) is 5.82 Å². The SMILES string of the molecule is CS(=O)(=O)C1CCN(c2cccc3c2ccn3-c2ccnc(NC3CCC(C(=O)N4CCn5cnnc5C4)CC3)n2)CC1. The number of fused-ring (bicyclic) bond motifs is 2. The number of hydrogen-bond acceptors (Lipinski definition) is 9. The van der Waals surface area contributed by atoms with Crippen LogP contribution in [0.2, 0.25) is 0 Å². The molecule has 2 aliphatic heterocycles. The molecule has 13 heteroatoms. The van der Waals surface area contributed by atoms with Gasteiger partial charge in [0.2, 0.25) is 11.9 Å².